The molecule has 0 saturated heterocycles. The maximum atomic E-state index is 12.2. The molecule has 0 amide bonds. The van der Waals surface area contributed by atoms with Crippen LogP contribution in [-0.2, 0) is 13.0 Å². The lowest BCUT2D eigenvalue weighted by atomic mass is 10.3. The number of hydrogen-bond donors (Lipinski definition) is 1. The molecule has 2 aromatic heterocycles. The first-order valence-electron chi connectivity index (χ1n) is 6.05. The minimum atomic E-state index is -4.29. The van der Waals surface area contributed by atoms with Gasteiger partial charge in [0.2, 0.25) is 5.89 Å². The van der Waals surface area contributed by atoms with E-state index in [1.807, 2.05) is 6.92 Å². The summed E-state index contributed by atoms with van der Waals surface area (Å²) in [4.78, 5) is 4.14. The van der Waals surface area contributed by atoms with Gasteiger partial charge >= 0.3 is 6.18 Å². The Kier molecular flexibility index (Phi) is 3.96. The van der Waals surface area contributed by atoms with Gasteiger partial charge in [-0.2, -0.15) is 23.3 Å². The van der Waals surface area contributed by atoms with Gasteiger partial charge in [0.05, 0.1) is 11.9 Å². The number of rotatable bonds is 5. The fourth-order valence-corrected chi connectivity index (χ4v) is 1.61. The molecule has 110 valence electrons. The highest BCUT2D eigenvalue weighted by atomic mass is 19.4. The molecule has 2 aromatic rings. The lowest BCUT2D eigenvalue weighted by Gasteiger charge is -2.08. The van der Waals surface area contributed by atoms with E-state index in [1.54, 1.807) is 6.92 Å². The highest BCUT2D eigenvalue weighted by molar-refractivity contribution is 5.39. The van der Waals surface area contributed by atoms with Crippen molar-refractivity contribution in [3.63, 3.8) is 0 Å². The number of anilines is 1. The predicted octanol–water partition coefficient (Wildman–Crippen LogP) is 2.56. The predicted molar refractivity (Wildman–Crippen MR) is 64.0 cm³/mol. The van der Waals surface area contributed by atoms with Crippen LogP contribution in [-0.4, -0.2) is 26.1 Å². The molecular weight excluding hydrogens is 275 g/mol. The average Bonchev–Trinajstić information content (AvgIpc) is 2.96. The number of halogens is 3. The Morgan fingerprint density at radius 3 is 2.80 bits per heavy atom. The van der Waals surface area contributed by atoms with Gasteiger partial charge in [0.25, 0.3) is 0 Å². The van der Waals surface area contributed by atoms with Gasteiger partial charge in [-0.25, -0.2) is 0 Å². The summed E-state index contributed by atoms with van der Waals surface area (Å²) in [6.45, 7) is 2.55. The summed E-state index contributed by atoms with van der Waals surface area (Å²) in [7, 11) is 0. The number of hydrogen-bond acceptors (Lipinski definition) is 5. The van der Waals surface area contributed by atoms with Gasteiger partial charge in [0.15, 0.2) is 5.82 Å². The molecule has 20 heavy (non-hydrogen) atoms. The van der Waals surface area contributed by atoms with Gasteiger partial charge in [-0.05, 0) is 6.92 Å². The zero-order valence-electron chi connectivity index (χ0n) is 11.0. The standard InChI is InChI=1S/C11H14F3N5O/c1-3-9-17-10(20-18-9)7(2)16-8-4-15-19(5-8)6-11(12,13)14/h4-5,7,16H,3,6H2,1-2H3/t7-/m0/s1. The van der Waals surface area contributed by atoms with Crippen LogP contribution in [0.1, 0.15) is 31.6 Å². The molecule has 0 radical (unpaired) electrons. The monoisotopic (exact) mass is 289 g/mol. The molecule has 0 unspecified atom stereocenters. The largest absolute Gasteiger partial charge is 0.408 e. The van der Waals surface area contributed by atoms with E-state index >= 15 is 0 Å². The van der Waals surface area contributed by atoms with Gasteiger partial charge in [-0.15, -0.1) is 0 Å². The van der Waals surface area contributed by atoms with E-state index in [0.717, 1.165) is 4.68 Å². The van der Waals surface area contributed by atoms with E-state index < -0.39 is 12.7 Å². The zero-order valence-corrected chi connectivity index (χ0v) is 11.0. The molecule has 0 fully saturated rings. The molecule has 0 aliphatic rings. The Labute approximate surface area is 113 Å². The lowest BCUT2D eigenvalue weighted by molar-refractivity contribution is -0.142. The van der Waals surface area contributed by atoms with Gasteiger partial charge in [0.1, 0.15) is 12.6 Å². The van der Waals surface area contributed by atoms with Crippen molar-refractivity contribution in [2.45, 2.75) is 39.0 Å². The van der Waals surface area contributed by atoms with Gasteiger partial charge in [0, 0.05) is 12.6 Å². The summed E-state index contributed by atoms with van der Waals surface area (Å²) < 4.78 is 42.5. The summed E-state index contributed by atoms with van der Waals surface area (Å²) in [5.74, 6) is 0.965. The Hall–Kier alpha value is -2.06. The minimum absolute atomic E-state index is 0.314. The molecule has 9 heteroatoms. The van der Waals surface area contributed by atoms with E-state index in [-0.39, 0.29) is 6.04 Å². The van der Waals surface area contributed by atoms with Crippen molar-refractivity contribution in [2.24, 2.45) is 0 Å². The molecule has 0 spiro atoms. The first-order valence-corrected chi connectivity index (χ1v) is 6.05. The van der Waals surface area contributed by atoms with Crippen LogP contribution in [0.15, 0.2) is 16.9 Å². The topological polar surface area (TPSA) is 68.8 Å². The summed E-state index contributed by atoms with van der Waals surface area (Å²) in [6, 6.07) is -0.314. The highest BCUT2D eigenvalue weighted by Gasteiger charge is 2.28. The van der Waals surface area contributed by atoms with Gasteiger partial charge in [-0.3, -0.25) is 4.68 Å². The maximum absolute atomic E-state index is 12.2. The SMILES string of the molecule is CCc1noc([C@H](C)Nc2cnn(CC(F)(F)F)c2)n1. The van der Waals surface area contributed by atoms with E-state index in [9.17, 15) is 13.2 Å². The van der Waals surface area contributed by atoms with Crippen molar-refractivity contribution in [3.05, 3.63) is 24.1 Å². The van der Waals surface area contributed by atoms with Crippen LogP contribution in [0.25, 0.3) is 0 Å². The first kappa shape index (κ1) is 14.4. The van der Waals surface area contributed by atoms with Crippen LogP contribution in [0.3, 0.4) is 0 Å². The fraction of sp³-hybridized carbons (Fsp3) is 0.545. The number of alkyl halides is 3. The Bertz CT molecular complexity index is 562. The molecule has 0 aliphatic carbocycles. The van der Waals surface area contributed by atoms with Crippen molar-refractivity contribution < 1.29 is 17.7 Å². The molecule has 1 atom stereocenters. The first-order chi connectivity index (χ1) is 9.37. The number of nitrogens with zero attached hydrogens (tertiary/aromatic N) is 4. The van der Waals surface area contributed by atoms with Crippen LogP contribution < -0.4 is 5.32 Å². The third kappa shape index (κ3) is 3.72. The van der Waals surface area contributed by atoms with Crippen LogP contribution in [0, 0.1) is 0 Å². The third-order valence-corrected chi connectivity index (χ3v) is 2.53. The zero-order chi connectivity index (χ0) is 14.8. The van der Waals surface area contributed by atoms with Crippen molar-refractivity contribution in [2.75, 3.05) is 5.32 Å². The summed E-state index contributed by atoms with van der Waals surface area (Å²) in [6.07, 6.45) is -1.04. The molecule has 2 heterocycles. The second-order valence-corrected chi connectivity index (χ2v) is 4.31. The summed E-state index contributed by atoms with van der Waals surface area (Å²) >= 11 is 0. The molecule has 1 N–H and O–H groups in total. The normalized spacial score (nSPS) is 13.4. The van der Waals surface area contributed by atoms with Crippen LogP contribution >= 0.6 is 0 Å². The minimum Gasteiger partial charge on any atom is -0.371 e. The molecular formula is C11H14F3N5O. The fourth-order valence-electron chi connectivity index (χ4n) is 1.61. The van der Waals surface area contributed by atoms with Crippen molar-refractivity contribution >= 4 is 5.69 Å². The number of aryl methyl sites for hydroxylation is 1. The van der Waals surface area contributed by atoms with Crippen LogP contribution in [0.2, 0.25) is 0 Å². The number of aromatic nitrogens is 4. The van der Waals surface area contributed by atoms with Gasteiger partial charge in [-0.1, -0.05) is 12.1 Å². The third-order valence-electron chi connectivity index (χ3n) is 2.53. The van der Waals surface area contributed by atoms with Crippen molar-refractivity contribution in [3.8, 4) is 0 Å². The smallest absolute Gasteiger partial charge is 0.371 e. The summed E-state index contributed by atoms with van der Waals surface area (Å²) in [5.41, 5.74) is 0.456. The molecule has 0 aliphatic heterocycles. The molecule has 0 bridgehead atoms. The lowest BCUT2D eigenvalue weighted by Crippen LogP contribution is -2.17. The quantitative estimate of drug-likeness (QED) is 0.916. The molecule has 0 saturated carbocycles. The Morgan fingerprint density at radius 1 is 1.45 bits per heavy atom. The Morgan fingerprint density at radius 2 is 2.20 bits per heavy atom. The molecule has 6 nitrogen and oxygen atoms in total. The maximum Gasteiger partial charge on any atom is 0.408 e. The van der Waals surface area contributed by atoms with Gasteiger partial charge < -0.3 is 9.84 Å². The average molecular weight is 289 g/mol. The van der Waals surface area contributed by atoms with Crippen LogP contribution in [0.5, 0.6) is 0 Å². The molecule has 0 aromatic carbocycles. The van der Waals surface area contributed by atoms with E-state index in [4.69, 9.17) is 4.52 Å². The van der Waals surface area contributed by atoms with Crippen molar-refractivity contribution in [1.82, 2.24) is 19.9 Å². The molecule has 2 rings (SSSR count). The van der Waals surface area contributed by atoms with Crippen molar-refractivity contribution in [1.29, 1.82) is 0 Å². The highest BCUT2D eigenvalue weighted by Crippen LogP contribution is 2.20. The second kappa shape index (κ2) is 5.51. The van der Waals surface area contributed by atoms with Crippen LogP contribution in [0.4, 0.5) is 18.9 Å². The Balaban J connectivity index is 1.99. The second-order valence-electron chi connectivity index (χ2n) is 4.31. The van der Waals surface area contributed by atoms with E-state index in [2.05, 4.69) is 20.6 Å². The van der Waals surface area contributed by atoms with E-state index in [0.29, 0.717) is 23.8 Å². The number of nitrogens with one attached hydrogen (secondary N) is 1. The van der Waals surface area contributed by atoms with E-state index in [1.165, 1.54) is 12.4 Å². The summed E-state index contributed by atoms with van der Waals surface area (Å²) in [5, 5.41) is 10.3.